The average Bonchev–Trinajstić information content (AvgIpc) is 2.02. The summed E-state index contributed by atoms with van der Waals surface area (Å²) in [6.45, 7) is 8.33. The molecule has 0 fully saturated rings. The van der Waals surface area contributed by atoms with Crippen LogP contribution in [0.25, 0.3) is 0 Å². The van der Waals surface area contributed by atoms with Crippen LogP contribution < -0.4 is 0 Å². The number of rotatable bonds is 8. The van der Waals surface area contributed by atoms with Crippen molar-refractivity contribution in [3.8, 4) is 0 Å². The first-order valence-corrected chi connectivity index (χ1v) is 5.24. The van der Waals surface area contributed by atoms with E-state index in [4.69, 9.17) is 4.74 Å². The predicted molar refractivity (Wildman–Crippen MR) is 53.9 cm³/mol. The smallest absolute Gasteiger partial charge is 0.0172 e. The molecule has 0 aliphatic heterocycles. The average molecular weight is 219 g/mol. The molecule has 0 heterocycles. The Morgan fingerprint density at radius 2 is 1.69 bits per heavy atom. The molecule has 0 aromatic heterocycles. The molecule has 0 saturated carbocycles. The van der Waals surface area contributed by atoms with Gasteiger partial charge in [0.25, 0.3) is 0 Å². The van der Waals surface area contributed by atoms with E-state index >= 15 is 0 Å². The van der Waals surface area contributed by atoms with Crippen LogP contribution in [0.1, 0.15) is 59.3 Å². The van der Waals surface area contributed by atoms with Gasteiger partial charge in [0.2, 0.25) is 0 Å². The van der Waals surface area contributed by atoms with Crippen molar-refractivity contribution in [2.75, 3.05) is 0 Å². The molecule has 0 saturated heterocycles. The molecule has 0 spiro atoms. The Morgan fingerprint density at radius 3 is 2.23 bits per heavy atom. The fraction of sp³-hybridized carbons (Fsp3) is 0.909. The van der Waals surface area contributed by atoms with Gasteiger partial charge in [-0.1, -0.05) is 39.0 Å². The molecule has 0 aliphatic rings. The van der Waals surface area contributed by atoms with Gasteiger partial charge in [-0.05, 0) is 13.8 Å². The van der Waals surface area contributed by atoms with Crippen molar-refractivity contribution in [1.82, 2.24) is 0 Å². The molecule has 0 unspecified atom stereocenters. The molecule has 0 atom stereocenters. The van der Waals surface area contributed by atoms with Gasteiger partial charge >= 0.3 is 0 Å². The van der Waals surface area contributed by atoms with E-state index in [0.29, 0.717) is 6.10 Å². The maximum atomic E-state index is 5.32. The summed E-state index contributed by atoms with van der Waals surface area (Å²) in [4.78, 5) is 0. The minimum Gasteiger partial charge on any atom is -0.550 e. The van der Waals surface area contributed by atoms with Gasteiger partial charge < -0.3 is 4.74 Å². The third-order valence-electron chi connectivity index (χ3n) is 1.79. The fourth-order valence-electron chi connectivity index (χ4n) is 1.09. The molecule has 0 aromatic rings. The zero-order valence-corrected chi connectivity index (χ0v) is 10.9. The van der Waals surface area contributed by atoms with Crippen LogP contribution in [0.2, 0.25) is 0 Å². The molecule has 0 bridgehead atoms. The normalized spacial score (nSPS) is 10.2. The summed E-state index contributed by atoms with van der Waals surface area (Å²) in [5, 5.41) is 0. The Hall–Kier alpha value is 0.674. The third-order valence-corrected chi connectivity index (χ3v) is 1.79. The van der Waals surface area contributed by atoms with Crippen LogP contribution in [0.15, 0.2) is 0 Å². The minimum absolute atomic E-state index is 0. The number of hydrogen-bond donors (Lipinski definition) is 0. The van der Waals surface area contributed by atoms with Crippen molar-refractivity contribution < 1.29 is 26.5 Å². The molecule has 0 N–H and O–H groups in total. The van der Waals surface area contributed by atoms with Gasteiger partial charge in [0.1, 0.15) is 0 Å². The maximum Gasteiger partial charge on any atom is 0.0172 e. The van der Waals surface area contributed by atoms with E-state index in [9.17, 15) is 0 Å². The van der Waals surface area contributed by atoms with Gasteiger partial charge in [-0.15, -0.1) is 0 Å². The second kappa shape index (κ2) is 12.7. The van der Waals surface area contributed by atoms with Crippen molar-refractivity contribution in [1.29, 1.82) is 0 Å². The van der Waals surface area contributed by atoms with Crippen LogP contribution in [0.4, 0.5) is 0 Å². The van der Waals surface area contributed by atoms with E-state index in [2.05, 4.69) is 20.8 Å². The topological polar surface area (TPSA) is 9.23 Å². The zero-order chi connectivity index (χ0) is 9.23. The van der Waals surface area contributed by atoms with Crippen molar-refractivity contribution in [3.63, 3.8) is 0 Å². The minimum atomic E-state index is 0. The molecule has 0 aromatic carbocycles. The summed E-state index contributed by atoms with van der Waals surface area (Å²) >= 11 is 0. The summed E-state index contributed by atoms with van der Waals surface area (Å²) in [7, 11) is 0. The molecule has 0 radical (unpaired) electrons. The third kappa shape index (κ3) is 15.4. The largest absolute Gasteiger partial charge is 0.550 e. The van der Waals surface area contributed by atoms with Crippen molar-refractivity contribution in [2.24, 2.45) is 0 Å². The Morgan fingerprint density at radius 1 is 1.08 bits per heavy atom. The first kappa shape index (κ1) is 16.1. The van der Waals surface area contributed by atoms with Gasteiger partial charge in [-0.3, -0.25) is 0 Å². The SMILES string of the molecule is CCCCCCC[CH-]OC(C)C.[Ti]. The number of ether oxygens (including phenoxy) is 1. The molecule has 13 heavy (non-hydrogen) atoms. The quantitative estimate of drug-likeness (QED) is 0.341. The Bertz CT molecular complexity index is 84.2. The summed E-state index contributed by atoms with van der Waals surface area (Å²) < 4.78 is 5.32. The standard InChI is InChI=1S/C11H23O.Ti/c1-4-5-6-7-8-9-10-12-11(2)3;/h10-11H,4-9H2,1-3H3;/q-1;. The molecule has 0 amide bonds. The monoisotopic (exact) mass is 219 g/mol. The molecular formula is C11H23OTi-. The molecule has 1 nitrogen and oxygen atoms in total. The van der Waals surface area contributed by atoms with E-state index < -0.39 is 0 Å². The van der Waals surface area contributed by atoms with Crippen LogP contribution in [-0.2, 0) is 26.5 Å². The van der Waals surface area contributed by atoms with Gasteiger partial charge in [0, 0.05) is 27.8 Å². The van der Waals surface area contributed by atoms with Gasteiger partial charge in [-0.2, -0.15) is 6.42 Å². The van der Waals surface area contributed by atoms with Gasteiger partial charge in [0.05, 0.1) is 0 Å². The van der Waals surface area contributed by atoms with E-state index in [1.54, 1.807) is 0 Å². The summed E-state index contributed by atoms with van der Waals surface area (Å²) in [5.74, 6) is 0. The van der Waals surface area contributed by atoms with E-state index in [1.165, 1.54) is 32.1 Å². The van der Waals surface area contributed by atoms with E-state index in [0.717, 1.165) is 6.42 Å². The first-order chi connectivity index (χ1) is 5.77. The summed E-state index contributed by atoms with van der Waals surface area (Å²) in [6, 6.07) is 0. The summed E-state index contributed by atoms with van der Waals surface area (Å²) in [5.41, 5.74) is 0. The van der Waals surface area contributed by atoms with Crippen molar-refractivity contribution in [2.45, 2.75) is 65.4 Å². The predicted octanol–water partition coefficient (Wildman–Crippen LogP) is 3.93. The Labute approximate surface area is 98.5 Å². The van der Waals surface area contributed by atoms with Crippen molar-refractivity contribution in [3.05, 3.63) is 6.61 Å². The molecule has 0 rings (SSSR count). The van der Waals surface area contributed by atoms with E-state index in [1.807, 2.05) is 6.61 Å². The fourth-order valence-corrected chi connectivity index (χ4v) is 1.09. The number of hydrogen-bond acceptors (Lipinski definition) is 1. The van der Waals surface area contributed by atoms with Crippen LogP contribution in [0.3, 0.4) is 0 Å². The van der Waals surface area contributed by atoms with Gasteiger partial charge in [-0.25, -0.2) is 6.61 Å². The Balaban J connectivity index is 0. The second-order valence-corrected chi connectivity index (χ2v) is 3.55. The van der Waals surface area contributed by atoms with Crippen LogP contribution in [-0.4, -0.2) is 6.10 Å². The zero-order valence-electron chi connectivity index (χ0n) is 9.31. The Kier molecular flexibility index (Phi) is 15.7. The molecule has 78 valence electrons. The molecule has 2 heteroatoms. The van der Waals surface area contributed by atoms with E-state index in [-0.39, 0.29) is 21.7 Å². The van der Waals surface area contributed by atoms with Crippen LogP contribution in [0.5, 0.6) is 0 Å². The molecule has 0 aliphatic carbocycles. The van der Waals surface area contributed by atoms with Crippen molar-refractivity contribution >= 4 is 0 Å². The summed E-state index contributed by atoms with van der Waals surface area (Å²) in [6.07, 6.45) is 8.18. The maximum absolute atomic E-state index is 5.32. The van der Waals surface area contributed by atoms with Crippen LogP contribution >= 0.6 is 0 Å². The number of unbranched alkanes of at least 4 members (excludes halogenated alkanes) is 5. The first-order valence-electron chi connectivity index (χ1n) is 5.24. The molecular weight excluding hydrogens is 196 g/mol. The second-order valence-electron chi connectivity index (χ2n) is 3.55. The van der Waals surface area contributed by atoms with Gasteiger partial charge in [0.15, 0.2) is 0 Å². The van der Waals surface area contributed by atoms with Crippen LogP contribution in [0, 0.1) is 6.61 Å².